The van der Waals surface area contributed by atoms with Gasteiger partial charge in [-0.2, -0.15) is 0 Å². The molecule has 0 aliphatic carbocycles. The van der Waals surface area contributed by atoms with Crippen molar-refractivity contribution in [2.24, 2.45) is 0 Å². The van der Waals surface area contributed by atoms with Crippen LogP contribution >= 0.6 is 23.2 Å². The molecular weight excluding hydrogens is 311 g/mol. The van der Waals surface area contributed by atoms with E-state index >= 15 is 0 Å². The van der Waals surface area contributed by atoms with Gasteiger partial charge in [0.25, 0.3) is 0 Å². The van der Waals surface area contributed by atoms with Gasteiger partial charge < -0.3 is 4.90 Å². The van der Waals surface area contributed by atoms with Crippen molar-refractivity contribution >= 4 is 34.6 Å². The summed E-state index contributed by atoms with van der Waals surface area (Å²) >= 11 is 12.0. The van der Waals surface area contributed by atoms with Crippen molar-refractivity contribution in [3.63, 3.8) is 0 Å². The van der Waals surface area contributed by atoms with Gasteiger partial charge in [-0.05, 0) is 36.8 Å². The quantitative estimate of drug-likeness (QED) is 0.580. The lowest BCUT2D eigenvalue weighted by atomic mass is 10.1. The van der Waals surface area contributed by atoms with Crippen LogP contribution in [0, 0.1) is 10.1 Å². The highest BCUT2D eigenvalue weighted by Gasteiger charge is 2.24. The Hall–Kier alpha value is -1.78. The first-order chi connectivity index (χ1) is 9.91. The van der Waals surface area contributed by atoms with Gasteiger partial charge in [-0.3, -0.25) is 10.1 Å². The second kappa shape index (κ2) is 6.33. The third-order valence-electron chi connectivity index (χ3n) is 3.44. The van der Waals surface area contributed by atoms with Gasteiger partial charge in [0.05, 0.1) is 11.0 Å². The molecule has 4 nitrogen and oxygen atoms in total. The van der Waals surface area contributed by atoms with Gasteiger partial charge >= 0.3 is 5.69 Å². The van der Waals surface area contributed by atoms with E-state index in [2.05, 4.69) is 0 Å². The summed E-state index contributed by atoms with van der Waals surface area (Å²) < 4.78 is 0. The predicted molar refractivity (Wildman–Crippen MR) is 86.4 cm³/mol. The van der Waals surface area contributed by atoms with Gasteiger partial charge in [0.2, 0.25) is 0 Å². The smallest absolute Gasteiger partial charge is 0.310 e. The minimum Gasteiger partial charge on any atom is -0.362 e. The van der Waals surface area contributed by atoms with Crippen molar-refractivity contribution in [3.05, 3.63) is 68.2 Å². The van der Waals surface area contributed by atoms with Crippen molar-refractivity contribution in [3.8, 4) is 0 Å². The molecule has 6 heteroatoms. The molecule has 1 atom stereocenters. The number of hydrogen-bond acceptors (Lipinski definition) is 3. The van der Waals surface area contributed by atoms with E-state index in [0.29, 0.717) is 10.7 Å². The average molecular weight is 325 g/mol. The van der Waals surface area contributed by atoms with E-state index in [9.17, 15) is 10.1 Å². The third kappa shape index (κ3) is 3.28. The van der Waals surface area contributed by atoms with Crippen LogP contribution in [0.3, 0.4) is 0 Å². The topological polar surface area (TPSA) is 46.4 Å². The van der Waals surface area contributed by atoms with Crippen LogP contribution < -0.4 is 4.90 Å². The molecular formula is C15H14Cl2N2O2. The van der Waals surface area contributed by atoms with Crippen molar-refractivity contribution in [1.29, 1.82) is 0 Å². The van der Waals surface area contributed by atoms with E-state index in [4.69, 9.17) is 23.2 Å². The van der Waals surface area contributed by atoms with Crippen LogP contribution in [0.5, 0.6) is 0 Å². The van der Waals surface area contributed by atoms with E-state index in [1.807, 2.05) is 30.0 Å². The molecule has 0 spiro atoms. The van der Waals surface area contributed by atoms with Crippen LogP contribution in [-0.4, -0.2) is 12.0 Å². The lowest BCUT2D eigenvalue weighted by molar-refractivity contribution is -0.384. The number of anilines is 1. The number of hydrogen-bond donors (Lipinski definition) is 0. The molecule has 0 saturated heterocycles. The van der Waals surface area contributed by atoms with E-state index < -0.39 is 4.92 Å². The third-order valence-corrected chi connectivity index (χ3v) is 3.98. The molecule has 110 valence electrons. The Bertz CT molecular complexity index is 676. The molecule has 0 saturated carbocycles. The van der Waals surface area contributed by atoms with Crippen LogP contribution in [0.25, 0.3) is 0 Å². The minimum atomic E-state index is -0.459. The first-order valence-electron chi connectivity index (χ1n) is 6.33. The van der Waals surface area contributed by atoms with Gasteiger partial charge in [0.15, 0.2) is 0 Å². The Kier molecular flexibility index (Phi) is 4.70. The second-order valence-corrected chi connectivity index (χ2v) is 5.55. The molecule has 2 aromatic carbocycles. The van der Waals surface area contributed by atoms with Gasteiger partial charge in [-0.15, -0.1) is 0 Å². The molecule has 0 fully saturated rings. The SMILES string of the molecule is CC(c1cccc(Cl)c1)N(C)c1cccc(Cl)c1[N+](=O)[O-]. The Morgan fingerprint density at radius 3 is 2.48 bits per heavy atom. The summed E-state index contributed by atoms with van der Waals surface area (Å²) in [6, 6.07) is 12.2. The summed E-state index contributed by atoms with van der Waals surface area (Å²) in [5.74, 6) is 0. The fraction of sp³-hybridized carbons (Fsp3) is 0.200. The van der Waals surface area contributed by atoms with Crippen molar-refractivity contribution in [1.82, 2.24) is 0 Å². The van der Waals surface area contributed by atoms with Gasteiger partial charge in [0, 0.05) is 12.1 Å². The van der Waals surface area contributed by atoms with E-state index in [1.165, 1.54) is 6.07 Å². The van der Waals surface area contributed by atoms with Crippen molar-refractivity contribution in [2.45, 2.75) is 13.0 Å². The summed E-state index contributed by atoms with van der Waals surface area (Å²) in [5, 5.41) is 12.0. The zero-order chi connectivity index (χ0) is 15.6. The van der Waals surface area contributed by atoms with Crippen LogP contribution in [-0.2, 0) is 0 Å². The molecule has 0 aliphatic rings. The number of nitrogens with zero attached hydrogens (tertiary/aromatic N) is 2. The Morgan fingerprint density at radius 1 is 1.19 bits per heavy atom. The second-order valence-electron chi connectivity index (χ2n) is 4.71. The predicted octanol–water partition coefficient (Wildman–Crippen LogP) is 5.10. The molecule has 0 aromatic heterocycles. The molecule has 0 radical (unpaired) electrons. The normalized spacial score (nSPS) is 12.0. The first-order valence-corrected chi connectivity index (χ1v) is 7.08. The van der Waals surface area contributed by atoms with Gasteiger partial charge in [-0.1, -0.05) is 41.4 Å². The molecule has 0 bridgehead atoms. The van der Waals surface area contributed by atoms with E-state index in [0.717, 1.165) is 5.56 Å². The summed E-state index contributed by atoms with van der Waals surface area (Å²) in [6.07, 6.45) is 0. The number of para-hydroxylation sites is 1. The fourth-order valence-corrected chi connectivity index (χ4v) is 2.61. The maximum Gasteiger partial charge on any atom is 0.310 e. The Labute approximate surface area is 133 Å². The largest absolute Gasteiger partial charge is 0.362 e. The van der Waals surface area contributed by atoms with E-state index in [-0.39, 0.29) is 16.8 Å². The zero-order valence-electron chi connectivity index (χ0n) is 11.6. The maximum atomic E-state index is 11.2. The molecule has 0 aliphatic heterocycles. The fourth-order valence-electron chi connectivity index (χ4n) is 2.17. The lowest BCUT2D eigenvalue weighted by Gasteiger charge is -2.27. The van der Waals surface area contributed by atoms with Crippen molar-refractivity contribution in [2.75, 3.05) is 11.9 Å². The highest BCUT2D eigenvalue weighted by Crippen LogP contribution is 2.37. The standard InChI is InChI=1S/C15H14Cl2N2O2/c1-10(11-5-3-6-12(16)9-11)18(2)14-8-4-7-13(17)15(14)19(20)21/h3-10H,1-2H3. The van der Waals surface area contributed by atoms with Crippen LogP contribution in [0.1, 0.15) is 18.5 Å². The highest BCUT2D eigenvalue weighted by molar-refractivity contribution is 6.33. The first kappa shape index (κ1) is 15.6. The molecule has 2 aromatic rings. The molecule has 0 heterocycles. The highest BCUT2D eigenvalue weighted by atomic mass is 35.5. The summed E-state index contributed by atoms with van der Waals surface area (Å²) in [5.41, 5.74) is 1.36. The molecule has 2 rings (SSSR count). The van der Waals surface area contributed by atoms with Gasteiger partial charge in [-0.25, -0.2) is 0 Å². The minimum absolute atomic E-state index is 0.0825. The van der Waals surface area contributed by atoms with Crippen LogP contribution in [0.4, 0.5) is 11.4 Å². The number of nitro groups is 1. The molecule has 0 N–H and O–H groups in total. The Morgan fingerprint density at radius 2 is 1.86 bits per heavy atom. The number of nitro benzene ring substituents is 1. The van der Waals surface area contributed by atoms with Crippen LogP contribution in [0.2, 0.25) is 10.0 Å². The monoisotopic (exact) mass is 324 g/mol. The number of benzene rings is 2. The maximum absolute atomic E-state index is 11.2. The summed E-state index contributed by atoms with van der Waals surface area (Å²) in [6.45, 7) is 1.95. The average Bonchev–Trinajstić information content (AvgIpc) is 2.45. The Balaban J connectivity index is 2.43. The number of halogens is 2. The zero-order valence-corrected chi connectivity index (χ0v) is 13.1. The van der Waals surface area contributed by atoms with E-state index in [1.54, 1.807) is 25.2 Å². The summed E-state index contributed by atoms with van der Waals surface area (Å²) in [7, 11) is 1.80. The van der Waals surface area contributed by atoms with Gasteiger partial charge in [0.1, 0.15) is 10.7 Å². The van der Waals surface area contributed by atoms with Crippen molar-refractivity contribution < 1.29 is 4.92 Å². The van der Waals surface area contributed by atoms with Crippen LogP contribution in [0.15, 0.2) is 42.5 Å². The lowest BCUT2D eigenvalue weighted by Crippen LogP contribution is -2.22. The molecule has 1 unspecified atom stereocenters. The molecule has 0 amide bonds. The number of rotatable bonds is 4. The molecule has 21 heavy (non-hydrogen) atoms. The summed E-state index contributed by atoms with van der Waals surface area (Å²) in [4.78, 5) is 12.6.